The molecule has 0 spiro atoms. The number of pyridine rings is 1. The van der Waals surface area contributed by atoms with Crippen LogP contribution in [-0.2, 0) is 15.8 Å². The van der Waals surface area contributed by atoms with Crippen LogP contribution < -0.4 is 9.62 Å². The van der Waals surface area contributed by atoms with Gasteiger partial charge in [-0.05, 0) is 36.2 Å². The van der Waals surface area contributed by atoms with E-state index in [0.717, 1.165) is 18.8 Å². The number of sulfonamides is 1. The van der Waals surface area contributed by atoms with Crippen LogP contribution >= 0.6 is 0 Å². The van der Waals surface area contributed by atoms with Crippen molar-refractivity contribution in [2.75, 3.05) is 18.0 Å². The molecule has 0 amide bonds. The summed E-state index contributed by atoms with van der Waals surface area (Å²) in [6.07, 6.45) is 2.46. The Balaban J connectivity index is 1.60. The van der Waals surface area contributed by atoms with Gasteiger partial charge in [0.15, 0.2) is 0 Å². The van der Waals surface area contributed by atoms with Crippen molar-refractivity contribution in [1.82, 2.24) is 9.71 Å². The van der Waals surface area contributed by atoms with Gasteiger partial charge in [-0.3, -0.25) is 0 Å². The molecule has 5 nitrogen and oxygen atoms in total. The largest absolute Gasteiger partial charge is 0.355 e. The van der Waals surface area contributed by atoms with Gasteiger partial charge in [-0.25, -0.2) is 22.5 Å². The van der Waals surface area contributed by atoms with Gasteiger partial charge in [0.25, 0.3) is 0 Å². The van der Waals surface area contributed by atoms with Crippen LogP contribution in [0.2, 0.25) is 0 Å². The molecule has 3 rings (SSSR count). The summed E-state index contributed by atoms with van der Waals surface area (Å²) in [6.45, 7) is 1.36. The highest BCUT2D eigenvalue weighted by Gasteiger charge is 2.27. The summed E-state index contributed by atoms with van der Waals surface area (Å²) >= 11 is 0. The number of halogens is 1. The lowest BCUT2D eigenvalue weighted by atomic mass is 10.2. The maximum Gasteiger partial charge on any atom is 0.216 e. The van der Waals surface area contributed by atoms with Crippen molar-refractivity contribution in [3.63, 3.8) is 0 Å². The average Bonchev–Trinajstić information content (AvgIpc) is 2.98. The molecule has 1 N–H and O–H groups in total. The van der Waals surface area contributed by atoms with E-state index in [1.807, 2.05) is 18.2 Å². The highest BCUT2D eigenvalue weighted by atomic mass is 32.2. The number of hydrogen-bond donors (Lipinski definition) is 1. The highest BCUT2D eigenvalue weighted by molar-refractivity contribution is 7.88. The molecule has 1 atom stereocenters. The van der Waals surface area contributed by atoms with Crippen LogP contribution in [0.1, 0.15) is 12.0 Å². The minimum absolute atomic E-state index is 0.137. The molecule has 2 aromatic rings. The molecule has 0 saturated carbocycles. The minimum atomic E-state index is -3.46. The fraction of sp³-hybridized carbons (Fsp3) is 0.312. The molecule has 7 heteroatoms. The summed E-state index contributed by atoms with van der Waals surface area (Å²) < 4.78 is 40.1. The molecule has 0 radical (unpaired) electrons. The van der Waals surface area contributed by atoms with Crippen molar-refractivity contribution < 1.29 is 12.8 Å². The molecule has 122 valence electrons. The third-order valence-corrected chi connectivity index (χ3v) is 5.18. The van der Waals surface area contributed by atoms with E-state index in [4.69, 9.17) is 0 Å². The molecule has 0 bridgehead atoms. The molecule has 1 aliphatic rings. The first-order valence-electron chi connectivity index (χ1n) is 7.42. The molecule has 23 heavy (non-hydrogen) atoms. The maximum absolute atomic E-state index is 12.9. The summed E-state index contributed by atoms with van der Waals surface area (Å²) in [6, 6.07) is 11.0. The molecule has 1 aromatic heterocycles. The lowest BCUT2D eigenvalue weighted by molar-refractivity contribution is 0.560. The Kier molecular flexibility index (Phi) is 4.58. The predicted molar refractivity (Wildman–Crippen MR) is 87.0 cm³/mol. The predicted octanol–water partition coefficient (Wildman–Crippen LogP) is 1.92. The number of nitrogens with one attached hydrogen (secondary N) is 1. The quantitative estimate of drug-likeness (QED) is 0.907. The SMILES string of the molecule is O=S(=O)(Cc1ccc(F)cc1)NC1CCN(c2ccccn2)C1. The van der Waals surface area contributed by atoms with E-state index in [1.54, 1.807) is 6.20 Å². The standard InChI is InChI=1S/C16H18FN3O2S/c17-14-6-4-13(5-7-14)12-23(21,22)19-15-8-10-20(11-15)16-3-1-2-9-18-16/h1-7,9,15,19H,8,10-12H2. The molecule has 1 saturated heterocycles. The van der Waals surface area contributed by atoms with Gasteiger partial charge in [0.2, 0.25) is 10.0 Å². The van der Waals surface area contributed by atoms with E-state index in [0.29, 0.717) is 12.1 Å². The first kappa shape index (κ1) is 15.9. The lowest BCUT2D eigenvalue weighted by Gasteiger charge is -2.17. The van der Waals surface area contributed by atoms with Crippen LogP contribution in [0.3, 0.4) is 0 Å². The second-order valence-electron chi connectivity index (χ2n) is 5.62. The zero-order valence-electron chi connectivity index (χ0n) is 12.5. The smallest absolute Gasteiger partial charge is 0.216 e. The van der Waals surface area contributed by atoms with E-state index >= 15 is 0 Å². The summed E-state index contributed by atoms with van der Waals surface area (Å²) in [4.78, 5) is 6.34. The van der Waals surface area contributed by atoms with Crippen molar-refractivity contribution in [2.24, 2.45) is 0 Å². The van der Waals surface area contributed by atoms with Gasteiger partial charge in [0.1, 0.15) is 11.6 Å². The van der Waals surface area contributed by atoms with E-state index in [-0.39, 0.29) is 17.6 Å². The Bertz CT molecular complexity index is 751. The van der Waals surface area contributed by atoms with E-state index < -0.39 is 10.0 Å². The monoisotopic (exact) mass is 335 g/mol. The molecule has 1 aliphatic heterocycles. The van der Waals surface area contributed by atoms with Gasteiger partial charge in [-0.1, -0.05) is 18.2 Å². The number of aromatic nitrogens is 1. The fourth-order valence-electron chi connectivity index (χ4n) is 2.70. The van der Waals surface area contributed by atoms with Crippen molar-refractivity contribution in [3.8, 4) is 0 Å². The second-order valence-corrected chi connectivity index (χ2v) is 7.38. The number of anilines is 1. The van der Waals surface area contributed by atoms with Crippen molar-refractivity contribution >= 4 is 15.8 Å². The Labute approximate surface area is 135 Å². The topological polar surface area (TPSA) is 62.3 Å². The molecule has 1 unspecified atom stereocenters. The van der Waals surface area contributed by atoms with Crippen molar-refractivity contribution in [2.45, 2.75) is 18.2 Å². The summed E-state index contributed by atoms with van der Waals surface area (Å²) in [5, 5.41) is 0. The van der Waals surface area contributed by atoms with Crippen LogP contribution in [0.4, 0.5) is 10.2 Å². The molecule has 1 aromatic carbocycles. The molecular formula is C16H18FN3O2S. The fourth-order valence-corrected chi connectivity index (χ4v) is 4.12. The summed E-state index contributed by atoms with van der Waals surface area (Å²) in [7, 11) is -3.46. The second kappa shape index (κ2) is 6.64. The van der Waals surface area contributed by atoms with E-state index in [2.05, 4.69) is 14.6 Å². The zero-order valence-corrected chi connectivity index (χ0v) is 13.3. The Morgan fingerprint density at radius 2 is 2.00 bits per heavy atom. The van der Waals surface area contributed by atoms with Crippen molar-refractivity contribution in [1.29, 1.82) is 0 Å². The first-order valence-corrected chi connectivity index (χ1v) is 9.07. The molecular weight excluding hydrogens is 317 g/mol. The lowest BCUT2D eigenvalue weighted by Crippen LogP contribution is -2.37. The summed E-state index contributed by atoms with van der Waals surface area (Å²) in [5.74, 6) is 0.335. The number of rotatable bonds is 5. The van der Waals surface area contributed by atoms with Gasteiger partial charge in [0, 0.05) is 25.3 Å². The molecule has 1 fully saturated rings. The molecule has 2 heterocycles. The van der Waals surface area contributed by atoms with Gasteiger partial charge >= 0.3 is 0 Å². The van der Waals surface area contributed by atoms with Crippen LogP contribution in [0.15, 0.2) is 48.7 Å². The average molecular weight is 335 g/mol. The summed E-state index contributed by atoms with van der Waals surface area (Å²) in [5.41, 5.74) is 0.568. The maximum atomic E-state index is 12.9. The van der Waals surface area contributed by atoms with E-state index in [9.17, 15) is 12.8 Å². The van der Waals surface area contributed by atoms with Crippen molar-refractivity contribution in [3.05, 3.63) is 60.0 Å². The minimum Gasteiger partial charge on any atom is -0.355 e. The third-order valence-electron chi connectivity index (χ3n) is 3.78. The normalized spacial score (nSPS) is 18.3. The molecule has 0 aliphatic carbocycles. The highest BCUT2D eigenvalue weighted by Crippen LogP contribution is 2.18. The van der Waals surface area contributed by atoms with Crippen LogP contribution in [0, 0.1) is 5.82 Å². The Morgan fingerprint density at radius 3 is 2.70 bits per heavy atom. The van der Waals surface area contributed by atoms with Gasteiger partial charge in [-0.2, -0.15) is 0 Å². The van der Waals surface area contributed by atoms with Gasteiger partial charge in [0.05, 0.1) is 5.75 Å². The van der Waals surface area contributed by atoms with Gasteiger partial charge in [-0.15, -0.1) is 0 Å². The number of hydrogen-bond acceptors (Lipinski definition) is 4. The Hall–Kier alpha value is -1.99. The number of nitrogens with zero attached hydrogens (tertiary/aromatic N) is 2. The van der Waals surface area contributed by atoms with Crippen LogP contribution in [0.25, 0.3) is 0 Å². The Morgan fingerprint density at radius 1 is 1.22 bits per heavy atom. The zero-order chi connectivity index (χ0) is 16.3. The van der Waals surface area contributed by atoms with Crippen LogP contribution in [0.5, 0.6) is 0 Å². The van der Waals surface area contributed by atoms with Gasteiger partial charge < -0.3 is 4.90 Å². The van der Waals surface area contributed by atoms with E-state index in [1.165, 1.54) is 24.3 Å². The first-order chi connectivity index (χ1) is 11.0. The number of benzene rings is 1. The third kappa shape index (κ3) is 4.27. The van der Waals surface area contributed by atoms with Crippen LogP contribution in [-0.4, -0.2) is 32.5 Å².